The molecule has 0 radical (unpaired) electrons. The van der Waals surface area contributed by atoms with E-state index < -0.39 is 5.97 Å². The number of carbonyl (C=O) groups is 2. The van der Waals surface area contributed by atoms with Crippen LogP contribution in [0.1, 0.15) is 18.1 Å². The summed E-state index contributed by atoms with van der Waals surface area (Å²) < 4.78 is 5.08. The van der Waals surface area contributed by atoms with Gasteiger partial charge in [0.25, 0.3) is 5.91 Å². The normalized spacial score (nSPS) is 16.1. The molecular formula is C20H18ClNO3. The summed E-state index contributed by atoms with van der Waals surface area (Å²) in [5.41, 5.74) is 2.74. The summed E-state index contributed by atoms with van der Waals surface area (Å²) in [6.07, 6.45) is 3.65. The Morgan fingerprint density at radius 1 is 1.20 bits per heavy atom. The molecule has 3 rings (SSSR count). The minimum absolute atomic E-state index is 0.0577. The third-order valence-electron chi connectivity index (χ3n) is 4.12. The van der Waals surface area contributed by atoms with Gasteiger partial charge in [0.2, 0.25) is 0 Å². The molecule has 0 N–H and O–H groups in total. The number of esters is 1. The molecule has 128 valence electrons. The summed E-state index contributed by atoms with van der Waals surface area (Å²) in [5, 5.41) is 0.546. The van der Waals surface area contributed by atoms with Gasteiger partial charge in [-0.3, -0.25) is 4.79 Å². The van der Waals surface area contributed by atoms with Crippen molar-refractivity contribution < 1.29 is 14.3 Å². The van der Waals surface area contributed by atoms with Crippen LogP contribution in [-0.2, 0) is 20.7 Å². The van der Waals surface area contributed by atoms with Gasteiger partial charge < -0.3 is 9.64 Å². The van der Waals surface area contributed by atoms with Gasteiger partial charge in [-0.2, -0.15) is 0 Å². The number of hydrogen-bond donors (Lipinski definition) is 0. The quantitative estimate of drug-likeness (QED) is 0.617. The standard InChI is InChI=1S/C20H18ClNO3/c1-14-12-16-7-3-5-9-18(16)22(14)19(23)13-25-20(24)11-10-15-6-2-4-8-17(15)21/h2-11,14H,12-13H2,1H3/b11-10-/t14-/m0/s1. The summed E-state index contributed by atoms with van der Waals surface area (Å²) >= 11 is 6.02. The number of rotatable bonds is 4. The summed E-state index contributed by atoms with van der Waals surface area (Å²) in [6.45, 7) is 1.70. The predicted octanol–water partition coefficient (Wildman–Crippen LogP) is 3.87. The van der Waals surface area contributed by atoms with Gasteiger partial charge in [0.05, 0.1) is 0 Å². The van der Waals surface area contributed by atoms with Crippen LogP contribution in [0, 0.1) is 0 Å². The minimum atomic E-state index is -0.576. The first kappa shape index (κ1) is 17.2. The van der Waals surface area contributed by atoms with E-state index in [4.69, 9.17) is 16.3 Å². The van der Waals surface area contributed by atoms with Crippen LogP contribution in [0.5, 0.6) is 0 Å². The molecule has 5 heteroatoms. The van der Waals surface area contributed by atoms with Gasteiger partial charge in [-0.05, 0) is 42.7 Å². The molecule has 0 spiro atoms. The molecule has 0 unspecified atom stereocenters. The highest BCUT2D eigenvalue weighted by atomic mass is 35.5. The molecule has 4 nitrogen and oxygen atoms in total. The maximum Gasteiger partial charge on any atom is 0.331 e. The van der Waals surface area contributed by atoms with E-state index in [0.717, 1.165) is 23.2 Å². The Bertz CT molecular complexity index is 831. The highest BCUT2D eigenvalue weighted by Crippen LogP contribution is 2.31. The zero-order valence-electron chi connectivity index (χ0n) is 13.8. The fraction of sp³-hybridized carbons (Fsp3) is 0.200. The van der Waals surface area contributed by atoms with Crippen molar-refractivity contribution in [3.63, 3.8) is 0 Å². The second kappa shape index (κ2) is 7.53. The van der Waals surface area contributed by atoms with E-state index in [0.29, 0.717) is 5.02 Å². The Morgan fingerprint density at radius 3 is 2.72 bits per heavy atom. The lowest BCUT2D eigenvalue weighted by Crippen LogP contribution is -2.38. The van der Waals surface area contributed by atoms with Crippen LogP contribution >= 0.6 is 11.6 Å². The number of benzene rings is 2. The van der Waals surface area contributed by atoms with Crippen molar-refractivity contribution in [1.29, 1.82) is 0 Å². The van der Waals surface area contributed by atoms with Crippen molar-refractivity contribution in [1.82, 2.24) is 0 Å². The molecule has 0 bridgehead atoms. The molecule has 25 heavy (non-hydrogen) atoms. The van der Waals surface area contributed by atoms with Gasteiger partial charge in [-0.25, -0.2) is 4.79 Å². The highest BCUT2D eigenvalue weighted by molar-refractivity contribution is 6.32. The highest BCUT2D eigenvalue weighted by Gasteiger charge is 2.30. The second-order valence-electron chi connectivity index (χ2n) is 5.91. The van der Waals surface area contributed by atoms with Crippen LogP contribution < -0.4 is 4.90 Å². The molecule has 1 atom stereocenters. The molecule has 0 aliphatic carbocycles. The molecule has 0 saturated carbocycles. The van der Waals surface area contributed by atoms with Crippen LogP contribution in [0.25, 0.3) is 6.08 Å². The average molecular weight is 356 g/mol. The Labute approximate surface area is 151 Å². The fourth-order valence-corrected chi connectivity index (χ4v) is 3.16. The zero-order valence-corrected chi connectivity index (χ0v) is 14.6. The lowest BCUT2D eigenvalue weighted by atomic mass is 10.1. The van der Waals surface area contributed by atoms with Crippen LogP contribution in [-0.4, -0.2) is 24.5 Å². The first-order chi connectivity index (χ1) is 12.1. The molecule has 1 heterocycles. The lowest BCUT2D eigenvalue weighted by Gasteiger charge is -2.22. The van der Waals surface area contributed by atoms with E-state index in [1.165, 1.54) is 6.08 Å². The Kier molecular flexibility index (Phi) is 5.19. The third-order valence-corrected chi connectivity index (χ3v) is 4.46. The minimum Gasteiger partial charge on any atom is -0.452 e. The van der Waals surface area contributed by atoms with Gasteiger partial charge in [0.15, 0.2) is 6.61 Å². The maximum absolute atomic E-state index is 12.5. The van der Waals surface area contributed by atoms with Crippen LogP contribution in [0.15, 0.2) is 54.6 Å². The second-order valence-corrected chi connectivity index (χ2v) is 6.32. The SMILES string of the molecule is C[C@H]1Cc2ccccc2N1C(=O)COC(=O)/C=C\c1ccccc1Cl. The van der Waals surface area contributed by atoms with E-state index >= 15 is 0 Å². The first-order valence-corrected chi connectivity index (χ1v) is 8.43. The van der Waals surface area contributed by atoms with Gasteiger partial charge >= 0.3 is 5.97 Å². The van der Waals surface area contributed by atoms with Gasteiger partial charge in [-0.15, -0.1) is 0 Å². The number of carbonyl (C=O) groups excluding carboxylic acids is 2. The van der Waals surface area contributed by atoms with Gasteiger partial charge in [-0.1, -0.05) is 48.0 Å². The predicted molar refractivity (Wildman–Crippen MR) is 98.5 cm³/mol. The van der Waals surface area contributed by atoms with Crippen LogP contribution in [0.3, 0.4) is 0 Å². The molecule has 1 aliphatic heterocycles. The largest absolute Gasteiger partial charge is 0.452 e. The molecular weight excluding hydrogens is 338 g/mol. The van der Waals surface area contributed by atoms with Gasteiger partial charge in [0, 0.05) is 22.8 Å². The number of amides is 1. The number of ether oxygens (including phenoxy) is 1. The van der Waals surface area contributed by atoms with Crippen molar-refractivity contribution in [2.45, 2.75) is 19.4 Å². The topological polar surface area (TPSA) is 46.6 Å². The Hall–Kier alpha value is -2.59. The number of fused-ring (bicyclic) bond motifs is 1. The van der Waals surface area contributed by atoms with Crippen LogP contribution in [0.4, 0.5) is 5.69 Å². The van der Waals surface area contributed by atoms with E-state index in [1.807, 2.05) is 43.3 Å². The average Bonchev–Trinajstić information content (AvgIpc) is 2.94. The third kappa shape index (κ3) is 3.91. The molecule has 2 aromatic carbocycles. The van der Waals surface area contributed by atoms with E-state index in [-0.39, 0.29) is 18.6 Å². The summed E-state index contributed by atoms with van der Waals surface area (Å²) in [6, 6.07) is 15.0. The monoisotopic (exact) mass is 355 g/mol. The Balaban J connectivity index is 1.59. The van der Waals surface area contributed by atoms with Crippen molar-refractivity contribution in [2.24, 2.45) is 0 Å². The van der Waals surface area contributed by atoms with E-state index in [9.17, 15) is 9.59 Å². The maximum atomic E-state index is 12.5. The molecule has 0 fully saturated rings. The molecule has 0 saturated heterocycles. The lowest BCUT2D eigenvalue weighted by molar-refractivity contribution is -0.143. The molecule has 1 aliphatic rings. The van der Waals surface area contributed by atoms with Crippen molar-refractivity contribution in [3.8, 4) is 0 Å². The number of nitrogens with zero attached hydrogens (tertiary/aromatic N) is 1. The zero-order chi connectivity index (χ0) is 17.8. The van der Waals surface area contributed by atoms with E-state index in [1.54, 1.807) is 23.1 Å². The molecule has 1 amide bonds. The number of halogens is 1. The van der Waals surface area contributed by atoms with E-state index in [2.05, 4.69) is 0 Å². The fourth-order valence-electron chi connectivity index (χ4n) is 2.96. The van der Waals surface area contributed by atoms with Crippen molar-refractivity contribution in [3.05, 3.63) is 70.8 Å². The first-order valence-electron chi connectivity index (χ1n) is 8.05. The smallest absolute Gasteiger partial charge is 0.331 e. The van der Waals surface area contributed by atoms with Crippen molar-refractivity contribution in [2.75, 3.05) is 11.5 Å². The Morgan fingerprint density at radius 2 is 1.92 bits per heavy atom. The number of hydrogen-bond acceptors (Lipinski definition) is 3. The number of para-hydroxylation sites is 1. The molecule has 2 aromatic rings. The van der Waals surface area contributed by atoms with Gasteiger partial charge in [0.1, 0.15) is 0 Å². The summed E-state index contributed by atoms with van der Waals surface area (Å²) in [5.74, 6) is -0.801. The van der Waals surface area contributed by atoms with Crippen molar-refractivity contribution >= 4 is 35.2 Å². The summed E-state index contributed by atoms with van der Waals surface area (Å²) in [4.78, 5) is 26.0. The molecule has 0 aromatic heterocycles. The summed E-state index contributed by atoms with van der Waals surface area (Å²) in [7, 11) is 0. The van der Waals surface area contributed by atoms with Crippen LogP contribution in [0.2, 0.25) is 5.02 Å². The number of anilines is 1.